The molecule has 0 amide bonds. The van der Waals surface area contributed by atoms with Gasteiger partial charge >= 0.3 is 0 Å². The third kappa shape index (κ3) is 2.95. The number of hydrogen-bond donors (Lipinski definition) is 2. The molecule has 3 N–H and O–H groups in total. The Balaban J connectivity index is 1.25. The van der Waals surface area contributed by atoms with Gasteiger partial charge in [0.25, 0.3) is 0 Å². The minimum absolute atomic E-state index is 0.155. The third-order valence-corrected chi connectivity index (χ3v) is 8.70. The molecule has 1 aliphatic heterocycles. The van der Waals surface area contributed by atoms with E-state index in [0.29, 0.717) is 11.5 Å². The predicted molar refractivity (Wildman–Crippen MR) is 117 cm³/mol. The second-order valence-electron chi connectivity index (χ2n) is 9.24. The van der Waals surface area contributed by atoms with Gasteiger partial charge in [0.2, 0.25) is 21.7 Å². The first-order chi connectivity index (χ1) is 15.3. The highest BCUT2D eigenvalue weighted by Gasteiger charge is 2.71. The molecule has 10 nitrogen and oxygen atoms in total. The Morgan fingerprint density at radius 3 is 2.62 bits per heavy atom. The molecular weight excluding hydrogens is 430 g/mol. The highest BCUT2D eigenvalue weighted by atomic mass is 32.2. The first-order valence-corrected chi connectivity index (χ1v) is 12.2. The third-order valence-electron chi connectivity index (χ3n) is 7.13. The summed E-state index contributed by atoms with van der Waals surface area (Å²) >= 11 is 0. The van der Waals surface area contributed by atoms with Crippen molar-refractivity contribution >= 4 is 21.7 Å². The van der Waals surface area contributed by atoms with E-state index in [1.54, 1.807) is 28.8 Å². The van der Waals surface area contributed by atoms with Crippen LogP contribution >= 0.6 is 0 Å². The van der Waals surface area contributed by atoms with Gasteiger partial charge in [-0.1, -0.05) is 6.07 Å². The fourth-order valence-electron chi connectivity index (χ4n) is 5.57. The molecule has 0 unspecified atom stereocenters. The van der Waals surface area contributed by atoms with Gasteiger partial charge in [0.1, 0.15) is 6.33 Å². The SMILES string of the molecule is Cc1ccc(S(=O)(=O)NC23CC(N4CCOCC4)(C2)C3)cc1-c1cn2c(N)ncnc2n1. The van der Waals surface area contributed by atoms with Gasteiger partial charge in [-0.05, 0) is 43.9 Å². The number of nitrogens with one attached hydrogen (secondary N) is 1. The molecule has 1 aromatic carbocycles. The fourth-order valence-corrected chi connectivity index (χ4v) is 6.99. The van der Waals surface area contributed by atoms with Crippen molar-refractivity contribution < 1.29 is 13.2 Å². The van der Waals surface area contributed by atoms with Crippen LogP contribution < -0.4 is 10.5 Å². The van der Waals surface area contributed by atoms with Crippen molar-refractivity contribution in [3.8, 4) is 11.3 Å². The number of nitrogens with two attached hydrogens (primary N) is 1. The van der Waals surface area contributed by atoms with Gasteiger partial charge in [0.15, 0.2) is 0 Å². The predicted octanol–water partition coefficient (Wildman–Crippen LogP) is 0.968. The van der Waals surface area contributed by atoms with E-state index in [-0.39, 0.29) is 21.9 Å². The average Bonchev–Trinajstić information content (AvgIpc) is 3.16. The minimum Gasteiger partial charge on any atom is -0.379 e. The number of rotatable bonds is 5. The molecule has 0 spiro atoms. The molecule has 3 aromatic rings. The standard InChI is InChI=1S/C21H25N7O3S/c1-14-2-3-15(8-16(14)17-9-28-18(22)23-13-24-19(28)25-17)32(29,30)26-20-10-21(11-20,12-20)27-4-6-31-7-5-27/h2-3,8-9,13,26H,4-7,10-12H2,1H3,(H2,22,23,24,25). The lowest BCUT2D eigenvalue weighted by Gasteiger charge is -2.74. The van der Waals surface area contributed by atoms with Crippen LogP contribution in [0.25, 0.3) is 17.0 Å². The Morgan fingerprint density at radius 1 is 1.16 bits per heavy atom. The van der Waals surface area contributed by atoms with Gasteiger partial charge in [-0.3, -0.25) is 9.30 Å². The normalized spacial score (nSPS) is 27.8. The van der Waals surface area contributed by atoms with Crippen LogP contribution in [0, 0.1) is 6.92 Å². The number of imidazole rings is 1. The van der Waals surface area contributed by atoms with Crippen LogP contribution in [0.4, 0.5) is 5.95 Å². The van der Waals surface area contributed by atoms with Crippen molar-refractivity contribution in [2.24, 2.45) is 0 Å². The van der Waals surface area contributed by atoms with E-state index < -0.39 is 10.0 Å². The van der Waals surface area contributed by atoms with Gasteiger partial charge < -0.3 is 10.5 Å². The zero-order chi connectivity index (χ0) is 22.1. The Labute approximate surface area is 185 Å². The van der Waals surface area contributed by atoms with Crippen LogP contribution in [-0.2, 0) is 14.8 Å². The van der Waals surface area contributed by atoms with Crippen molar-refractivity contribution in [2.45, 2.75) is 42.2 Å². The molecule has 0 radical (unpaired) electrons. The van der Waals surface area contributed by atoms with Crippen LogP contribution in [0.15, 0.2) is 35.6 Å². The molecule has 32 heavy (non-hydrogen) atoms. The Kier molecular flexibility index (Phi) is 4.20. The van der Waals surface area contributed by atoms with Gasteiger partial charge in [-0.15, -0.1) is 0 Å². The van der Waals surface area contributed by atoms with E-state index in [9.17, 15) is 8.42 Å². The number of anilines is 1. The molecule has 2 aromatic heterocycles. The molecule has 4 aliphatic rings. The summed E-state index contributed by atoms with van der Waals surface area (Å²) < 4.78 is 36.5. The van der Waals surface area contributed by atoms with E-state index in [4.69, 9.17) is 10.5 Å². The summed E-state index contributed by atoms with van der Waals surface area (Å²) in [5.74, 6) is 0.690. The topological polar surface area (TPSA) is 128 Å². The summed E-state index contributed by atoms with van der Waals surface area (Å²) in [4.78, 5) is 15.3. The maximum absolute atomic E-state index is 13.3. The smallest absolute Gasteiger partial charge is 0.241 e. The van der Waals surface area contributed by atoms with Crippen LogP contribution in [0.3, 0.4) is 0 Å². The second-order valence-corrected chi connectivity index (χ2v) is 10.9. The van der Waals surface area contributed by atoms with Crippen molar-refractivity contribution in [2.75, 3.05) is 32.0 Å². The molecule has 1 saturated heterocycles. The lowest BCUT2D eigenvalue weighted by molar-refractivity contribution is -0.188. The van der Waals surface area contributed by atoms with E-state index >= 15 is 0 Å². The summed E-state index contributed by atoms with van der Waals surface area (Å²) in [6.45, 7) is 5.29. The van der Waals surface area contributed by atoms with E-state index in [2.05, 4.69) is 24.6 Å². The summed E-state index contributed by atoms with van der Waals surface area (Å²) in [5.41, 5.74) is 7.97. The summed E-state index contributed by atoms with van der Waals surface area (Å²) in [6.07, 6.45) is 5.67. The number of ether oxygens (including phenoxy) is 1. The van der Waals surface area contributed by atoms with Crippen molar-refractivity contribution in [1.29, 1.82) is 0 Å². The lowest BCUT2D eigenvalue weighted by atomic mass is 9.44. The number of benzene rings is 1. The number of aryl methyl sites for hydroxylation is 1. The van der Waals surface area contributed by atoms with Crippen LogP contribution in [0.2, 0.25) is 0 Å². The molecule has 0 atom stereocenters. The fraction of sp³-hybridized carbons (Fsp3) is 0.476. The Bertz CT molecular complexity index is 1310. The molecule has 3 heterocycles. The van der Waals surface area contributed by atoms with Crippen molar-refractivity contribution in [1.82, 2.24) is 29.0 Å². The van der Waals surface area contributed by atoms with Gasteiger partial charge in [-0.2, -0.15) is 0 Å². The number of nitrogen functional groups attached to an aromatic ring is 1. The largest absolute Gasteiger partial charge is 0.379 e. The molecule has 11 heteroatoms. The number of aromatic nitrogens is 4. The van der Waals surface area contributed by atoms with Gasteiger partial charge in [-0.25, -0.2) is 28.1 Å². The van der Waals surface area contributed by atoms with Crippen LogP contribution in [-0.4, -0.2) is 70.1 Å². The summed E-state index contributed by atoms with van der Waals surface area (Å²) in [7, 11) is -3.66. The quantitative estimate of drug-likeness (QED) is 0.582. The number of sulfonamides is 1. The summed E-state index contributed by atoms with van der Waals surface area (Å²) in [5, 5.41) is 0. The van der Waals surface area contributed by atoms with Crippen molar-refractivity contribution in [3.63, 3.8) is 0 Å². The monoisotopic (exact) mass is 455 g/mol. The zero-order valence-corrected chi connectivity index (χ0v) is 18.6. The Morgan fingerprint density at radius 2 is 1.91 bits per heavy atom. The number of hydrogen-bond acceptors (Lipinski definition) is 8. The highest BCUT2D eigenvalue weighted by molar-refractivity contribution is 7.89. The zero-order valence-electron chi connectivity index (χ0n) is 17.8. The maximum atomic E-state index is 13.3. The molecule has 2 bridgehead atoms. The molecule has 7 rings (SSSR count). The second kappa shape index (κ2) is 6.70. The molecule has 3 saturated carbocycles. The first kappa shape index (κ1) is 20.0. The molecule has 4 fully saturated rings. The van der Waals surface area contributed by atoms with Gasteiger partial charge in [0, 0.05) is 35.9 Å². The molecular formula is C21H25N7O3S. The van der Waals surface area contributed by atoms with E-state index in [0.717, 1.165) is 56.7 Å². The van der Waals surface area contributed by atoms with E-state index in [1.807, 2.05) is 6.92 Å². The number of fused-ring (bicyclic) bond motifs is 1. The average molecular weight is 456 g/mol. The van der Waals surface area contributed by atoms with Crippen LogP contribution in [0.5, 0.6) is 0 Å². The van der Waals surface area contributed by atoms with Crippen LogP contribution in [0.1, 0.15) is 24.8 Å². The molecule has 3 aliphatic carbocycles. The number of morpholine rings is 1. The number of nitrogens with zero attached hydrogens (tertiary/aromatic N) is 5. The van der Waals surface area contributed by atoms with Crippen molar-refractivity contribution in [3.05, 3.63) is 36.3 Å². The first-order valence-electron chi connectivity index (χ1n) is 10.7. The lowest BCUT2D eigenvalue weighted by Crippen LogP contribution is -2.84. The van der Waals surface area contributed by atoms with Gasteiger partial charge in [0.05, 0.1) is 23.8 Å². The molecule has 168 valence electrons. The minimum atomic E-state index is -3.66. The highest BCUT2D eigenvalue weighted by Crippen LogP contribution is 2.64. The van der Waals surface area contributed by atoms with E-state index in [1.165, 1.54) is 6.33 Å². The Hall–Kier alpha value is -2.60. The summed E-state index contributed by atoms with van der Waals surface area (Å²) in [6, 6.07) is 5.13. The maximum Gasteiger partial charge on any atom is 0.241 e.